The van der Waals surface area contributed by atoms with Gasteiger partial charge < -0.3 is 9.73 Å². The van der Waals surface area contributed by atoms with Gasteiger partial charge >= 0.3 is 5.69 Å². The molecule has 0 aromatic carbocycles. The fraction of sp³-hybridized carbons (Fsp3) is 0.385. The van der Waals surface area contributed by atoms with Crippen molar-refractivity contribution in [2.24, 2.45) is 0 Å². The highest BCUT2D eigenvalue weighted by molar-refractivity contribution is 5.91. The minimum absolute atomic E-state index is 0.0693. The van der Waals surface area contributed by atoms with Crippen LogP contribution in [0.2, 0.25) is 0 Å². The van der Waals surface area contributed by atoms with Crippen LogP contribution in [0.4, 0.5) is 5.69 Å². The second kappa shape index (κ2) is 6.21. The maximum Gasteiger partial charge on any atom is 0.307 e. The molecule has 1 atom stereocenters. The van der Waals surface area contributed by atoms with Gasteiger partial charge in [-0.1, -0.05) is 6.92 Å². The molecule has 1 amide bonds. The third-order valence-corrected chi connectivity index (χ3v) is 3.02. The molecule has 2 aromatic rings. The maximum atomic E-state index is 11.9. The predicted molar refractivity (Wildman–Crippen MR) is 73.9 cm³/mol. The van der Waals surface area contributed by atoms with E-state index in [1.807, 2.05) is 13.8 Å². The van der Waals surface area contributed by atoms with Gasteiger partial charge in [-0.3, -0.25) is 19.6 Å². The lowest BCUT2D eigenvalue weighted by Crippen LogP contribution is -2.31. The van der Waals surface area contributed by atoms with Gasteiger partial charge in [0.1, 0.15) is 18.2 Å². The summed E-state index contributed by atoms with van der Waals surface area (Å²) in [5, 5.41) is 17.2. The Morgan fingerprint density at radius 3 is 2.95 bits per heavy atom. The molecule has 0 spiro atoms. The van der Waals surface area contributed by atoms with Crippen molar-refractivity contribution in [3.05, 3.63) is 46.2 Å². The minimum atomic E-state index is -0.517. The van der Waals surface area contributed by atoms with Gasteiger partial charge in [0.25, 0.3) is 5.91 Å². The summed E-state index contributed by atoms with van der Waals surface area (Å²) in [6, 6.07) is 3.30. The average Bonchev–Trinajstić information content (AvgIpc) is 3.08. The van der Waals surface area contributed by atoms with E-state index >= 15 is 0 Å². The first-order valence-electron chi connectivity index (χ1n) is 6.56. The Kier molecular flexibility index (Phi) is 4.36. The third kappa shape index (κ3) is 3.68. The Morgan fingerprint density at radius 2 is 2.33 bits per heavy atom. The van der Waals surface area contributed by atoms with Gasteiger partial charge in [0.15, 0.2) is 5.76 Å². The molecule has 2 aromatic heterocycles. The van der Waals surface area contributed by atoms with Gasteiger partial charge in [0, 0.05) is 6.04 Å². The fourth-order valence-electron chi connectivity index (χ4n) is 1.67. The average molecular weight is 292 g/mol. The monoisotopic (exact) mass is 292 g/mol. The molecule has 112 valence electrons. The Labute approximate surface area is 120 Å². The quantitative estimate of drug-likeness (QED) is 0.647. The number of hydrogen-bond donors (Lipinski definition) is 1. The summed E-state index contributed by atoms with van der Waals surface area (Å²) in [5.74, 6) is 0.441. The summed E-state index contributed by atoms with van der Waals surface area (Å²) in [6.07, 6.45) is 3.30. The van der Waals surface area contributed by atoms with Crippen LogP contribution in [0, 0.1) is 10.1 Å². The van der Waals surface area contributed by atoms with Crippen LogP contribution < -0.4 is 5.32 Å². The summed E-state index contributed by atoms with van der Waals surface area (Å²) in [6.45, 7) is 4.11. The third-order valence-electron chi connectivity index (χ3n) is 3.02. The second-order valence-electron chi connectivity index (χ2n) is 4.70. The van der Waals surface area contributed by atoms with E-state index in [4.69, 9.17) is 4.42 Å². The van der Waals surface area contributed by atoms with Crippen molar-refractivity contribution in [2.45, 2.75) is 32.9 Å². The van der Waals surface area contributed by atoms with Crippen LogP contribution in [0.1, 0.15) is 36.6 Å². The summed E-state index contributed by atoms with van der Waals surface area (Å²) in [7, 11) is 0. The van der Waals surface area contributed by atoms with E-state index < -0.39 is 4.92 Å². The number of aromatic nitrogens is 2. The van der Waals surface area contributed by atoms with E-state index in [0.717, 1.165) is 6.42 Å². The fourth-order valence-corrected chi connectivity index (χ4v) is 1.67. The van der Waals surface area contributed by atoms with E-state index in [2.05, 4.69) is 10.4 Å². The van der Waals surface area contributed by atoms with Gasteiger partial charge in [0.05, 0.1) is 11.5 Å². The Morgan fingerprint density at radius 1 is 1.57 bits per heavy atom. The van der Waals surface area contributed by atoms with Crippen LogP contribution in [0.5, 0.6) is 0 Å². The summed E-state index contributed by atoms with van der Waals surface area (Å²) in [4.78, 5) is 21.9. The molecule has 0 fully saturated rings. The molecule has 0 radical (unpaired) electrons. The van der Waals surface area contributed by atoms with Gasteiger partial charge in [-0.25, -0.2) is 0 Å². The van der Waals surface area contributed by atoms with E-state index in [9.17, 15) is 14.9 Å². The Balaban J connectivity index is 2.02. The zero-order valence-corrected chi connectivity index (χ0v) is 11.8. The molecule has 1 unspecified atom stereocenters. The summed E-state index contributed by atoms with van der Waals surface area (Å²) in [5.41, 5.74) is -0.0868. The number of carbonyl (C=O) groups is 1. The lowest BCUT2D eigenvalue weighted by molar-refractivity contribution is -0.385. The summed E-state index contributed by atoms with van der Waals surface area (Å²) < 4.78 is 6.80. The number of nitro groups is 1. The van der Waals surface area contributed by atoms with Crippen LogP contribution >= 0.6 is 0 Å². The van der Waals surface area contributed by atoms with E-state index in [-0.39, 0.29) is 29.9 Å². The molecule has 8 nitrogen and oxygen atoms in total. The van der Waals surface area contributed by atoms with Crippen LogP contribution in [0.25, 0.3) is 0 Å². The van der Waals surface area contributed by atoms with Gasteiger partial charge in [0.2, 0.25) is 0 Å². The largest absolute Gasteiger partial charge is 0.454 e. The predicted octanol–water partition coefficient (Wildman–Crippen LogP) is 1.96. The highest BCUT2D eigenvalue weighted by Gasteiger charge is 2.14. The SMILES string of the molecule is CCC(C)NC(=O)c1ccc(Cn2cc([N+](=O)[O-])cn2)o1. The zero-order chi connectivity index (χ0) is 15.4. The first kappa shape index (κ1) is 14.8. The van der Waals surface area contributed by atoms with Gasteiger partial charge in [-0.05, 0) is 25.5 Å². The van der Waals surface area contributed by atoms with Crippen LogP contribution in [0.15, 0.2) is 28.9 Å². The van der Waals surface area contributed by atoms with Crippen molar-refractivity contribution in [2.75, 3.05) is 0 Å². The topological polar surface area (TPSA) is 103 Å². The number of hydrogen-bond acceptors (Lipinski definition) is 5. The maximum absolute atomic E-state index is 11.9. The highest BCUT2D eigenvalue weighted by Crippen LogP contribution is 2.13. The molecule has 0 saturated heterocycles. The molecule has 0 saturated carbocycles. The lowest BCUT2D eigenvalue weighted by Gasteiger charge is -2.09. The molecule has 2 heterocycles. The number of amides is 1. The number of rotatable bonds is 6. The smallest absolute Gasteiger partial charge is 0.307 e. The summed E-state index contributed by atoms with van der Waals surface area (Å²) >= 11 is 0. The first-order chi connectivity index (χ1) is 9.99. The molecular weight excluding hydrogens is 276 g/mol. The number of nitrogens with one attached hydrogen (secondary N) is 1. The van der Waals surface area contributed by atoms with E-state index in [1.54, 1.807) is 12.1 Å². The standard InChI is InChI=1S/C13H16N4O4/c1-3-9(2)15-13(18)12-5-4-11(21-12)8-16-7-10(6-14-16)17(19)20/h4-7,9H,3,8H2,1-2H3,(H,15,18). The molecule has 2 rings (SSSR count). The van der Waals surface area contributed by atoms with Crippen molar-refractivity contribution < 1.29 is 14.1 Å². The normalized spacial score (nSPS) is 12.1. The number of nitrogens with zero attached hydrogens (tertiary/aromatic N) is 3. The van der Waals surface area contributed by atoms with Crippen molar-refractivity contribution >= 4 is 11.6 Å². The molecule has 0 aliphatic rings. The zero-order valence-electron chi connectivity index (χ0n) is 11.8. The molecule has 0 aliphatic carbocycles. The second-order valence-corrected chi connectivity index (χ2v) is 4.70. The molecule has 8 heteroatoms. The molecule has 0 bridgehead atoms. The van der Waals surface area contributed by atoms with Crippen LogP contribution in [-0.2, 0) is 6.54 Å². The van der Waals surface area contributed by atoms with E-state index in [0.29, 0.717) is 5.76 Å². The Bertz CT molecular complexity index is 646. The molecule has 21 heavy (non-hydrogen) atoms. The van der Waals surface area contributed by atoms with Crippen molar-refractivity contribution in [1.82, 2.24) is 15.1 Å². The van der Waals surface area contributed by atoms with Crippen molar-refractivity contribution in [3.63, 3.8) is 0 Å². The Hall–Kier alpha value is -2.64. The van der Waals surface area contributed by atoms with Crippen molar-refractivity contribution in [3.8, 4) is 0 Å². The lowest BCUT2D eigenvalue weighted by atomic mass is 10.2. The number of furan rings is 1. The van der Waals surface area contributed by atoms with Crippen LogP contribution in [0.3, 0.4) is 0 Å². The number of carbonyl (C=O) groups excluding carboxylic acids is 1. The molecule has 0 aliphatic heterocycles. The van der Waals surface area contributed by atoms with Gasteiger partial charge in [-0.15, -0.1) is 0 Å². The highest BCUT2D eigenvalue weighted by atomic mass is 16.6. The minimum Gasteiger partial charge on any atom is -0.454 e. The first-order valence-corrected chi connectivity index (χ1v) is 6.56. The van der Waals surface area contributed by atoms with Crippen LogP contribution in [-0.4, -0.2) is 26.7 Å². The van der Waals surface area contributed by atoms with Gasteiger partial charge in [-0.2, -0.15) is 5.10 Å². The van der Waals surface area contributed by atoms with E-state index in [1.165, 1.54) is 17.1 Å². The molecular formula is C13H16N4O4. The van der Waals surface area contributed by atoms with Crippen molar-refractivity contribution in [1.29, 1.82) is 0 Å². The molecule has 1 N–H and O–H groups in total.